The lowest BCUT2D eigenvalue weighted by Crippen LogP contribution is -2.40. The predicted molar refractivity (Wildman–Crippen MR) is 65.5 cm³/mol. The number of aromatic amines is 1. The number of hydrogen-bond donors (Lipinski definition) is 0. The highest BCUT2D eigenvalue weighted by atomic mass is 16.5. The molecular weight excluding hydrogens is 230 g/mol. The highest BCUT2D eigenvalue weighted by molar-refractivity contribution is 5.95. The summed E-state index contributed by atoms with van der Waals surface area (Å²) < 4.78 is 5.29. The second-order valence-corrected chi connectivity index (χ2v) is 4.34. The summed E-state index contributed by atoms with van der Waals surface area (Å²) in [4.78, 5) is 16.7. The topological polar surface area (TPSA) is 67.5 Å². The third-order valence-electron chi connectivity index (χ3n) is 3.08. The Morgan fingerprint density at radius 1 is 1.50 bits per heavy atom. The molecule has 0 atom stereocenters. The van der Waals surface area contributed by atoms with Gasteiger partial charge in [0.2, 0.25) is 0 Å². The summed E-state index contributed by atoms with van der Waals surface area (Å²) in [6.45, 7) is 6.18. The van der Waals surface area contributed by atoms with E-state index in [9.17, 15) is 10.1 Å². The number of H-pyrrole nitrogens is 1. The maximum absolute atomic E-state index is 11.5. The maximum atomic E-state index is 11.5. The molecule has 0 saturated carbocycles. The first-order valence-corrected chi connectivity index (χ1v) is 5.94. The molecule has 0 bridgehead atoms. The standard InChI is InChI=1S/C13H15N3O2/c1-9-12(10(2)17)7-11(8-14)13(15-9)16-3-5-18-6-4-16/h7H,3-6H2,1-2H3/p+1. The maximum Gasteiger partial charge on any atom is 0.292 e. The fourth-order valence-corrected chi connectivity index (χ4v) is 2.12. The molecule has 94 valence electrons. The zero-order valence-corrected chi connectivity index (χ0v) is 10.6. The third-order valence-corrected chi connectivity index (χ3v) is 3.08. The highest BCUT2D eigenvalue weighted by Gasteiger charge is 2.25. The quantitative estimate of drug-likeness (QED) is 0.721. The molecule has 1 N–H and O–H groups in total. The van der Waals surface area contributed by atoms with Crippen molar-refractivity contribution in [3.63, 3.8) is 0 Å². The number of nitrogens with zero attached hydrogens (tertiary/aromatic N) is 2. The van der Waals surface area contributed by atoms with Gasteiger partial charge in [-0.2, -0.15) is 5.26 Å². The first-order chi connectivity index (χ1) is 8.63. The second-order valence-electron chi connectivity index (χ2n) is 4.34. The summed E-state index contributed by atoms with van der Waals surface area (Å²) in [5.41, 5.74) is 1.87. The fourth-order valence-electron chi connectivity index (χ4n) is 2.12. The summed E-state index contributed by atoms with van der Waals surface area (Å²) in [7, 11) is 0. The number of ether oxygens (including phenoxy) is 1. The second kappa shape index (κ2) is 5.15. The largest absolute Gasteiger partial charge is 0.373 e. The van der Waals surface area contributed by atoms with Crippen LogP contribution >= 0.6 is 0 Å². The van der Waals surface area contributed by atoms with Crippen molar-refractivity contribution >= 4 is 11.6 Å². The molecule has 1 aromatic heterocycles. The van der Waals surface area contributed by atoms with Crippen LogP contribution in [0.5, 0.6) is 0 Å². The van der Waals surface area contributed by atoms with Crippen molar-refractivity contribution in [1.82, 2.24) is 0 Å². The van der Waals surface area contributed by atoms with E-state index in [1.807, 2.05) is 6.92 Å². The SMILES string of the molecule is CC(=O)c1cc(C#N)c(N2CCOCC2)[nH+]c1C. The number of aromatic nitrogens is 1. The summed E-state index contributed by atoms with van der Waals surface area (Å²) in [5, 5.41) is 9.21. The lowest BCUT2D eigenvalue weighted by atomic mass is 10.1. The Morgan fingerprint density at radius 3 is 2.72 bits per heavy atom. The number of rotatable bonds is 2. The van der Waals surface area contributed by atoms with Crippen LogP contribution in [0.3, 0.4) is 0 Å². The molecule has 2 rings (SSSR count). The van der Waals surface area contributed by atoms with Crippen LogP contribution in [-0.4, -0.2) is 32.1 Å². The first kappa shape index (κ1) is 12.5. The van der Waals surface area contributed by atoms with Crippen LogP contribution in [0.2, 0.25) is 0 Å². The highest BCUT2D eigenvalue weighted by Crippen LogP contribution is 2.18. The van der Waals surface area contributed by atoms with E-state index in [0.29, 0.717) is 24.3 Å². The molecule has 18 heavy (non-hydrogen) atoms. The van der Waals surface area contributed by atoms with Crippen molar-refractivity contribution in [3.8, 4) is 6.07 Å². The summed E-state index contributed by atoms with van der Waals surface area (Å²) in [6.07, 6.45) is 0. The van der Waals surface area contributed by atoms with Gasteiger partial charge in [0.25, 0.3) is 5.82 Å². The molecule has 1 aromatic rings. The molecule has 0 aromatic carbocycles. The zero-order valence-electron chi connectivity index (χ0n) is 10.6. The van der Waals surface area contributed by atoms with Crippen molar-refractivity contribution in [1.29, 1.82) is 5.26 Å². The van der Waals surface area contributed by atoms with Crippen LogP contribution in [0.25, 0.3) is 0 Å². The fraction of sp³-hybridized carbons (Fsp3) is 0.462. The average Bonchev–Trinajstić information content (AvgIpc) is 2.39. The Bertz CT molecular complexity index is 514. The first-order valence-electron chi connectivity index (χ1n) is 5.94. The van der Waals surface area contributed by atoms with Gasteiger partial charge in [0, 0.05) is 0 Å². The Kier molecular flexibility index (Phi) is 3.58. The number of aryl methyl sites for hydroxylation is 1. The van der Waals surface area contributed by atoms with Crippen molar-refractivity contribution in [2.45, 2.75) is 13.8 Å². The zero-order chi connectivity index (χ0) is 13.1. The number of nitriles is 1. The van der Waals surface area contributed by atoms with Crippen molar-refractivity contribution in [2.75, 3.05) is 31.2 Å². The number of hydrogen-bond acceptors (Lipinski definition) is 4. The van der Waals surface area contributed by atoms with E-state index in [1.54, 1.807) is 6.07 Å². The monoisotopic (exact) mass is 246 g/mol. The molecule has 1 fully saturated rings. The van der Waals surface area contributed by atoms with Crippen LogP contribution in [0, 0.1) is 18.3 Å². The number of nitrogens with one attached hydrogen (secondary N) is 1. The van der Waals surface area contributed by atoms with E-state index in [2.05, 4.69) is 16.0 Å². The van der Waals surface area contributed by atoms with E-state index in [4.69, 9.17) is 4.74 Å². The molecule has 5 nitrogen and oxygen atoms in total. The number of morpholine rings is 1. The molecule has 0 spiro atoms. The van der Waals surface area contributed by atoms with E-state index >= 15 is 0 Å². The van der Waals surface area contributed by atoms with Gasteiger partial charge >= 0.3 is 0 Å². The molecule has 1 aliphatic heterocycles. The molecule has 1 saturated heterocycles. The van der Waals surface area contributed by atoms with Gasteiger partial charge in [0.15, 0.2) is 5.78 Å². The molecule has 0 unspecified atom stereocenters. The molecule has 2 heterocycles. The average molecular weight is 246 g/mol. The van der Waals surface area contributed by atoms with Gasteiger partial charge in [0.05, 0.1) is 18.8 Å². The molecule has 0 radical (unpaired) electrons. The lowest BCUT2D eigenvalue weighted by molar-refractivity contribution is -0.374. The van der Waals surface area contributed by atoms with Crippen LogP contribution in [-0.2, 0) is 4.74 Å². The Morgan fingerprint density at radius 2 is 2.17 bits per heavy atom. The molecule has 1 aliphatic rings. The third kappa shape index (κ3) is 2.34. The van der Waals surface area contributed by atoms with Gasteiger partial charge in [-0.1, -0.05) is 0 Å². The van der Waals surface area contributed by atoms with Crippen molar-refractivity contribution < 1.29 is 14.5 Å². The van der Waals surface area contributed by atoms with E-state index in [1.165, 1.54) is 6.92 Å². The number of pyridine rings is 1. The summed E-state index contributed by atoms with van der Waals surface area (Å²) >= 11 is 0. The van der Waals surface area contributed by atoms with Crippen molar-refractivity contribution in [2.24, 2.45) is 0 Å². The van der Waals surface area contributed by atoms with Crippen LogP contribution in [0.4, 0.5) is 5.82 Å². The predicted octanol–water partition coefficient (Wildman–Crippen LogP) is 0.720. The minimum absolute atomic E-state index is 0.0335. The van der Waals surface area contributed by atoms with E-state index < -0.39 is 0 Å². The number of Topliss-reactive ketones (excluding diaryl/α,β-unsaturated/α-hetero) is 1. The number of carbonyl (C=O) groups excluding carboxylic acids is 1. The number of carbonyl (C=O) groups is 1. The van der Waals surface area contributed by atoms with Gasteiger partial charge < -0.3 is 4.74 Å². The smallest absolute Gasteiger partial charge is 0.292 e. The number of ketones is 1. The van der Waals surface area contributed by atoms with Crippen LogP contribution < -0.4 is 9.88 Å². The Hall–Kier alpha value is -1.93. The van der Waals surface area contributed by atoms with Gasteiger partial charge in [-0.05, 0) is 19.9 Å². The minimum Gasteiger partial charge on any atom is -0.373 e. The van der Waals surface area contributed by atoms with Crippen LogP contribution in [0.1, 0.15) is 28.5 Å². The Labute approximate surface area is 106 Å². The van der Waals surface area contributed by atoms with Gasteiger partial charge in [-0.3, -0.25) is 9.69 Å². The normalized spacial score (nSPS) is 15.3. The molecular formula is C13H16N3O2+. The van der Waals surface area contributed by atoms with E-state index in [0.717, 1.165) is 24.6 Å². The number of anilines is 1. The van der Waals surface area contributed by atoms with E-state index in [-0.39, 0.29) is 5.78 Å². The molecule has 5 heteroatoms. The van der Waals surface area contributed by atoms with Gasteiger partial charge in [-0.15, -0.1) is 0 Å². The van der Waals surface area contributed by atoms with Gasteiger partial charge in [0.1, 0.15) is 30.4 Å². The molecule has 0 amide bonds. The summed E-state index contributed by atoms with van der Waals surface area (Å²) in [5.74, 6) is 0.747. The summed E-state index contributed by atoms with van der Waals surface area (Å²) in [6, 6.07) is 3.82. The van der Waals surface area contributed by atoms with Crippen LogP contribution in [0.15, 0.2) is 6.07 Å². The lowest BCUT2D eigenvalue weighted by Gasteiger charge is -2.22. The van der Waals surface area contributed by atoms with Gasteiger partial charge in [-0.25, -0.2) is 4.98 Å². The minimum atomic E-state index is -0.0335. The van der Waals surface area contributed by atoms with Crippen molar-refractivity contribution in [3.05, 3.63) is 22.9 Å². The molecule has 0 aliphatic carbocycles. The Balaban J connectivity index is 2.44.